The first-order valence-corrected chi connectivity index (χ1v) is 6.99. The van der Waals surface area contributed by atoms with Crippen molar-refractivity contribution in [2.24, 2.45) is 5.92 Å². The van der Waals surface area contributed by atoms with Crippen LogP contribution in [0.4, 0.5) is 5.95 Å². The molecule has 1 aromatic heterocycles. The molecule has 0 bridgehead atoms. The van der Waals surface area contributed by atoms with Crippen LogP contribution in [-0.4, -0.2) is 29.8 Å². The summed E-state index contributed by atoms with van der Waals surface area (Å²) in [6.45, 7) is 5.93. The molecule has 0 saturated heterocycles. The lowest BCUT2D eigenvalue weighted by Gasteiger charge is -2.25. The highest BCUT2D eigenvalue weighted by atomic mass is 16.5. The van der Waals surface area contributed by atoms with E-state index in [0.29, 0.717) is 12.6 Å². The molecule has 4 nitrogen and oxygen atoms in total. The summed E-state index contributed by atoms with van der Waals surface area (Å²) in [4.78, 5) is 4.55. The minimum atomic E-state index is 0.322. The van der Waals surface area contributed by atoms with Gasteiger partial charge in [-0.15, -0.1) is 0 Å². The molecule has 18 heavy (non-hydrogen) atoms. The van der Waals surface area contributed by atoms with Crippen LogP contribution in [0.15, 0.2) is 6.20 Å². The fourth-order valence-corrected chi connectivity index (χ4v) is 2.47. The SMILES string of the molecule is COCC(C)n1cc(C)nc1NCCC1CCC1. The second-order valence-electron chi connectivity index (χ2n) is 5.43. The quantitative estimate of drug-likeness (QED) is 0.809. The highest BCUT2D eigenvalue weighted by Gasteiger charge is 2.17. The van der Waals surface area contributed by atoms with E-state index in [4.69, 9.17) is 4.74 Å². The monoisotopic (exact) mass is 251 g/mol. The lowest BCUT2D eigenvalue weighted by molar-refractivity contribution is 0.163. The molecule has 0 spiro atoms. The summed E-state index contributed by atoms with van der Waals surface area (Å²) in [5, 5.41) is 3.47. The molecular weight excluding hydrogens is 226 g/mol. The van der Waals surface area contributed by atoms with Crippen LogP contribution in [0.5, 0.6) is 0 Å². The van der Waals surface area contributed by atoms with E-state index in [0.717, 1.165) is 24.1 Å². The molecular formula is C14H25N3O. The zero-order valence-corrected chi connectivity index (χ0v) is 11.8. The molecule has 1 N–H and O–H groups in total. The topological polar surface area (TPSA) is 39.1 Å². The van der Waals surface area contributed by atoms with Crippen molar-refractivity contribution in [1.82, 2.24) is 9.55 Å². The van der Waals surface area contributed by atoms with Gasteiger partial charge in [0.05, 0.1) is 18.3 Å². The van der Waals surface area contributed by atoms with E-state index < -0.39 is 0 Å². The van der Waals surface area contributed by atoms with Crippen molar-refractivity contribution in [1.29, 1.82) is 0 Å². The summed E-state index contributed by atoms with van der Waals surface area (Å²) in [7, 11) is 1.74. The predicted octanol–water partition coefficient (Wildman–Crippen LogP) is 3.00. The van der Waals surface area contributed by atoms with Gasteiger partial charge in [-0.05, 0) is 26.2 Å². The van der Waals surface area contributed by atoms with Gasteiger partial charge in [0, 0.05) is 19.9 Å². The van der Waals surface area contributed by atoms with Crippen LogP contribution in [0.2, 0.25) is 0 Å². The largest absolute Gasteiger partial charge is 0.383 e. The summed E-state index contributed by atoms with van der Waals surface area (Å²) >= 11 is 0. The number of imidazole rings is 1. The zero-order chi connectivity index (χ0) is 13.0. The number of aryl methyl sites for hydroxylation is 1. The molecule has 1 fully saturated rings. The van der Waals surface area contributed by atoms with Crippen molar-refractivity contribution in [3.8, 4) is 0 Å². The highest BCUT2D eigenvalue weighted by Crippen LogP contribution is 2.29. The number of rotatable bonds is 7. The molecule has 2 rings (SSSR count). The van der Waals surface area contributed by atoms with Crippen molar-refractivity contribution < 1.29 is 4.74 Å². The fourth-order valence-electron chi connectivity index (χ4n) is 2.47. The maximum absolute atomic E-state index is 5.22. The first-order valence-electron chi connectivity index (χ1n) is 6.99. The van der Waals surface area contributed by atoms with E-state index in [9.17, 15) is 0 Å². The Morgan fingerprint density at radius 3 is 2.94 bits per heavy atom. The Bertz CT molecular complexity index is 371. The number of anilines is 1. The Labute approximate surface area is 110 Å². The molecule has 1 aliphatic carbocycles. The third-order valence-electron chi connectivity index (χ3n) is 3.80. The molecule has 4 heteroatoms. The van der Waals surface area contributed by atoms with Gasteiger partial charge in [-0.25, -0.2) is 4.98 Å². The Balaban J connectivity index is 1.89. The van der Waals surface area contributed by atoms with Gasteiger partial charge in [-0.3, -0.25) is 0 Å². The number of aromatic nitrogens is 2. The normalized spacial score (nSPS) is 17.5. The van der Waals surface area contributed by atoms with E-state index in [1.54, 1.807) is 7.11 Å². The van der Waals surface area contributed by atoms with Gasteiger partial charge in [0.15, 0.2) is 0 Å². The zero-order valence-electron chi connectivity index (χ0n) is 11.8. The molecule has 1 heterocycles. The highest BCUT2D eigenvalue weighted by molar-refractivity contribution is 5.29. The van der Waals surface area contributed by atoms with E-state index >= 15 is 0 Å². The van der Waals surface area contributed by atoms with Crippen LogP contribution in [0.3, 0.4) is 0 Å². The second-order valence-corrected chi connectivity index (χ2v) is 5.43. The Morgan fingerprint density at radius 1 is 1.56 bits per heavy atom. The van der Waals surface area contributed by atoms with Crippen molar-refractivity contribution in [2.45, 2.75) is 45.6 Å². The lowest BCUT2D eigenvalue weighted by Crippen LogP contribution is -2.18. The van der Waals surface area contributed by atoms with Crippen LogP contribution in [0, 0.1) is 12.8 Å². The Kier molecular flexibility index (Phi) is 4.64. The summed E-state index contributed by atoms with van der Waals surface area (Å²) in [6.07, 6.45) is 7.60. The minimum absolute atomic E-state index is 0.322. The Morgan fingerprint density at radius 2 is 2.33 bits per heavy atom. The number of hydrogen-bond donors (Lipinski definition) is 1. The number of hydrogen-bond acceptors (Lipinski definition) is 3. The number of nitrogens with zero attached hydrogens (tertiary/aromatic N) is 2. The van der Waals surface area contributed by atoms with Gasteiger partial charge in [-0.2, -0.15) is 0 Å². The van der Waals surface area contributed by atoms with E-state index in [2.05, 4.69) is 28.0 Å². The standard InChI is InChI=1S/C14H25N3O/c1-11-9-17(12(2)10-18-3)14(16-11)15-8-7-13-5-4-6-13/h9,12-13H,4-8,10H2,1-3H3,(H,15,16). The fraction of sp³-hybridized carbons (Fsp3) is 0.786. The van der Waals surface area contributed by atoms with Gasteiger partial charge < -0.3 is 14.6 Å². The van der Waals surface area contributed by atoms with Crippen molar-refractivity contribution in [3.05, 3.63) is 11.9 Å². The molecule has 1 unspecified atom stereocenters. The molecule has 0 radical (unpaired) electrons. The third kappa shape index (κ3) is 3.25. The minimum Gasteiger partial charge on any atom is -0.383 e. The summed E-state index contributed by atoms with van der Waals surface area (Å²) in [5.74, 6) is 1.93. The third-order valence-corrected chi connectivity index (χ3v) is 3.80. The van der Waals surface area contributed by atoms with Gasteiger partial charge >= 0.3 is 0 Å². The van der Waals surface area contributed by atoms with Crippen LogP contribution >= 0.6 is 0 Å². The van der Waals surface area contributed by atoms with E-state index in [1.165, 1.54) is 25.7 Å². The summed E-state index contributed by atoms with van der Waals surface area (Å²) < 4.78 is 7.40. The number of ether oxygens (including phenoxy) is 1. The van der Waals surface area contributed by atoms with Gasteiger partial charge in [0.25, 0.3) is 0 Å². The smallest absolute Gasteiger partial charge is 0.203 e. The molecule has 1 saturated carbocycles. The molecule has 0 aliphatic heterocycles. The summed E-state index contributed by atoms with van der Waals surface area (Å²) in [5.41, 5.74) is 1.06. The average Bonchev–Trinajstić information content (AvgIpc) is 2.64. The first-order chi connectivity index (χ1) is 8.70. The molecule has 1 atom stereocenters. The van der Waals surface area contributed by atoms with Crippen LogP contribution in [0.25, 0.3) is 0 Å². The van der Waals surface area contributed by atoms with Crippen LogP contribution in [0.1, 0.15) is 44.3 Å². The van der Waals surface area contributed by atoms with Gasteiger partial charge in [0.1, 0.15) is 0 Å². The average molecular weight is 251 g/mol. The van der Waals surface area contributed by atoms with Crippen LogP contribution in [-0.2, 0) is 4.74 Å². The first kappa shape index (κ1) is 13.4. The van der Waals surface area contributed by atoms with E-state index in [1.807, 2.05) is 6.92 Å². The molecule has 1 aliphatic rings. The molecule has 0 aromatic carbocycles. The van der Waals surface area contributed by atoms with Crippen molar-refractivity contribution in [2.75, 3.05) is 25.6 Å². The Hall–Kier alpha value is -1.03. The van der Waals surface area contributed by atoms with Gasteiger partial charge in [0.2, 0.25) is 5.95 Å². The molecule has 0 amide bonds. The number of methoxy groups -OCH3 is 1. The van der Waals surface area contributed by atoms with Gasteiger partial charge in [-0.1, -0.05) is 19.3 Å². The molecule has 1 aromatic rings. The second kappa shape index (κ2) is 6.23. The summed E-state index contributed by atoms with van der Waals surface area (Å²) in [6, 6.07) is 0.322. The lowest BCUT2D eigenvalue weighted by atomic mass is 9.83. The predicted molar refractivity (Wildman–Crippen MR) is 74.0 cm³/mol. The number of nitrogens with one attached hydrogen (secondary N) is 1. The van der Waals surface area contributed by atoms with Crippen molar-refractivity contribution >= 4 is 5.95 Å². The molecule has 102 valence electrons. The van der Waals surface area contributed by atoms with E-state index in [-0.39, 0.29) is 0 Å². The van der Waals surface area contributed by atoms with Crippen LogP contribution < -0.4 is 5.32 Å². The van der Waals surface area contributed by atoms with Crippen molar-refractivity contribution in [3.63, 3.8) is 0 Å². The maximum Gasteiger partial charge on any atom is 0.203 e. The maximum atomic E-state index is 5.22.